The number of rotatable bonds is 3. The van der Waals surface area contributed by atoms with Gasteiger partial charge < -0.3 is 5.11 Å². The van der Waals surface area contributed by atoms with Gasteiger partial charge in [0, 0.05) is 10.9 Å². The molecule has 0 aliphatic carbocycles. The van der Waals surface area contributed by atoms with Crippen LogP contribution in [0.25, 0.3) is 32.3 Å². The van der Waals surface area contributed by atoms with Crippen LogP contribution in [-0.4, -0.2) is 17.2 Å². The van der Waals surface area contributed by atoms with Gasteiger partial charge in [-0.2, -0.15) is 5.10 Å². The highest BCUT2D eigenvalue weighted by Crippen LogP contribution is 2.29. The number of fused-ring (bicyclic) bond motifs is 3. The normalized spacial score (nSPS) is 11.5. The summed E-state index contributed by atoms with van der Waals surface area (Å²) in [5.41, 5.74) is 3.68. The van der Waals surface area contributed by atoms with Crippen LogP contribution in [0.2, 0.25) is 0 Å². The number of carbonyl (C=O) groups is 1. The molecule has 0 heterocycles. The van der Waals surface area contributed by atoms with E-state index in [0.717, 1.165) is 32.5 Å². The van der Waals surface area contributed by atoms with Crippen LogP contribution in [0.15, 0.2) is 96.1 Å². The lowest BCUT2D eigenvalue weighted by Gasteiger charge is -2.08. The number of aromatic hydroxyl groups is 1. The van der Waals surface area contributed by atoms with E-state index in [0.29, 0.717) is 5.39 Å². The number of phenols is 1. The van der Waals surface area contributed by atoms with Crippen molar-refractivity contribution < 1.29 is 9.90 Å². The Morgan fingerprint density at radius 3 is 1.97 bits per heavy atom. The van der Waals surface area contributed by atoms with Crippen LogP contribution in [0.3, 0.4) is 0 Å². The molecule has 144 valence electrons. The molecule has 0 aliphatic heterocycles. The van der Waals surface area contributed by atoms with Gasteiger partial charge in [0.15, 0.2) is 0 Å². The van der Waals surface area contributed by atoms with Crippen LogP contribution >= 0.6 is 0 Å². The first kappa shape index (κ1) is 17.9. The molecule has 2 N–H and O–H groups in total. The van der Waals surface area contributed by atoms with E-state index >= 15 is 0 Å². The van der Waals surface area contributed by atoms with Gasteiger partial charge in [0.05, 0.1) is 11.8 Å². The molecule has 0 aliphatic rings. The minimum Gasteiger partial charge on any atom is -0.506 e. The Morgan fingerprint density at radius 1 is 0.733 bits per heavy atom. The summed E-state index contributed by atoms with van der Waals surface area (Å²) in [7, 11) is 0. The number of amides is 1. The number of nitrogens with one attached hydrogen (secondary N) is 1. The molecule has 5 aromatic rings. The molecule has 0 unspecified atom stereocenters. The van der Waals surface area contributed by atoms with E-state index in [-0.39, 0.29) is 11.3 Å². The number of benzene rings is 5. The largest absolute Gasteiger partial charge is 0.506 e. The van der Waals surface area contributed by atoms with Gasteiger partial charge in [-0.1, -0.05) is 78.9 Å². The summed E-state index contributed by atoms with van der Waals surface area (Å²) in [6.45, 7) is 0. The predicted molar refractivity (Wildman–Crippen MR) is 122 cm³/mol. The van der Waals surface area contributed by atoms with Gasteiger partial charge in [-0.3, -0.25) is 4.79 Å². The summed E-state index contributed by atoms with van der Waals surface area (Å²) in [6, 6.07) is 29.1. The molecule has 0 atom stereocenters. The zero-order valence-corrected chi connectivity index (χ0v) is 16.0. The fourth-order valence-electron chi connectivity index (χ4n) is 3.84. The number of hydrogen-bond donors (Lipinski definition) is 2. The summed E-state index contributed by atoms with van der Waals surface area (Å²) < 4.78 is 0. The van der Waals surface area contributed by atoms with Crippen LogP contribution in [0.4, 0.5) is 0 Å². The highest BCUT2D eigenvalue weighted by molar-refractivity contribution is 6.13. The van der Waals surface area contributed by atoms with E-state index in [1.165, 1.54) is 0 Å². The Balaban J connectivity index is 1.51. The fraction of sp³-hybridized carbons (Fsp3) is 0. The lowest BCUT2D eigenvalue weighted by molar-refractivity contribution is 0.0952. The molecule has 30 heavy (non-hydrogen) atoms. The summed E-state index contributed by atoms with van der Waals surface area (Å²) in [5, 5.41) is 20.5. The second-order valence-corrected chi connectivity index (χ2v) is 7.11. The molecule has 5 rings (SSSR count). The maximum Gasteiger partial charge on any atom is 0.275 e. The van der Waals surface area contributed by atoms with Crippen LogP contribution in [0, 0.1) is 0 Å². The van der Waals surface area contributed by atoms with Gasteiger partial charge in [-0.15, -0.1) is 0 Å². The molecular formula is C26H18N2O2. The van der Waals surface area contributed by atoms with Crippen molar-refractivity contribution in [3.8, 4) is 5.75 Å². The Kier molecular flexibility index (Phi) is 4.37. The number of carbonyl (C=O) groups excluding carboxylic acids is 1. The first-order valence-corrected chi connectivity index (χ1v) is 9.67. The van der Waals surface area contributed by atoms with Gasteiger partial charge in [0.1, 0.15) is 5.75 Å². The molecule has 0 spiro atoms. The SMILES string of the molecule is O=C(N/N=C/c1c2ccccc2cc2ccccc12)c1ccc2ccccc2c1O. The average Bonchev–Trinajstić information content (AvgIpc) is 2.79. The quantitative estimate of drug-likeness (QED) is 0.239. The minimum atomic E-state index is -0.459. The summed E-state index contributed by atoms with van der Waals surface area (Å²) in [5.74, 6) is -0.504. The maximum absolute atomic E-state index is 12.6. The zero-order valence-electron chi connectivity index (χ0n) is 16.0. The monoisotopic (exact) mass is 390 g/mol. The molecule has 4 nitrogen and oxygen atoms in total. The molecule has 0 radical (unpaired) electrons. The Bertz CT molecular complexity index is 1400. The predicted octanol–water partition coefficient (Wildman–Crippen LogP) is 5.62. The summed E-state index contributed by atoms with van der Waals surface area (Å²) in [4.78, 5) is 12.6. The molecular weight excluding hydrogens is 372 g/mol. The fourth-order valence-corrected chi connectivity index (χ4v) is 3.84. The maximum atomic E-state index is 12.6. The van der Waals surface area contributed by atoms with E-state index < -0.39 is 5.91 Å². The van der Waals surface area contributed by atoms with Gasteiger partial charge in [0.2, 0.25) is 0 Å². The third-order valence-corrected chi connectivity index (χ3v) is 5.32. The smallest absolute Gasteiger partial charge is 0.275 e. The van der Waals surface area contributed by atoms with E-state index in [2.05, 4.69) is 28.7 Å². The number of phenolic OH excluding ortho intramolecular Hbond substituents is 1. The van der Waals surface area contributed by atoms with Crippen molar-refractivity contribution in [2.24, 2.45) is 5.10 Å². The Hall–Kier alpha value is -4.18. The first-order chi connectivity index (χ1) is 14.7. The van der Waals surface area contributed by atoms with Gasteiger partial charge in [-0.25, -0.2) is 5.43 Å². The highest BCUT2D eigenvalue weighted by atomic mass is 16.3. The number of hydrogen-bond acceptors (Lipinski definition) is 3. The third kappa shape index (κ3) is 3.05. The van der Waals surface area contributed by atoms with Crippen LogP contribution < -0.4 is 5.43 Å². The average molecular weight is 390 g/mol. The molecule has 0 fully saturated rings. The van der Waals surface area contributed by atoms with Crippen molar-refractivity contribution in [2.45, 2.75) is 0 Å². The second kappa shape index (κ2) is 7.33. The summed E-state index contributed by atoms with van der Waals surface area (Å²) >= 11 is 0. The molecule has 0 aromatic heterocycles. The molecule has 1 amide bonds. The Labute approximate surface area is 173 Å². The van der Waals surface area contributed by atoms with Gasteiger partial charge in [0.25, 0.3) is 5.91 Å². The minimum absolute atomic E-state index is 0.0450. The van der Waals surface area contributed by atoms with Crippen molar-refractivity contribution in [3.05, 3.63) is 102 Å². The topological polar surface area (TPSA) is 61.7 Å². The third-order valence-electron chi connectivity index (χ3n) is 5.32. The van der Waals surface area contributed by atoms with E-state index in [4.69, 9.17) is 0 Å². The van der Waals surface area contributed by atoms with Crippen LogP contribution in [-0.2, 0) is 0 Å². The lowest BCUT2D eigenvalue weighted by atomic mass is 9.97. The Morgan fingerprint density at radius 2 is 1.30 bits per heavy atom. The lowest BCUT2D eigenvalue weighted by Crippen LogP contribution is -2.17. The molecule has 0 bridgehead atoms. The van der Waals surface area contributed by atoms with Crippen molar-refractivity contribution in [3.63, 3.8) is 0 Å². The van der Waals surface area contributed by atoms with Crippen LogP contribution in [0.1, 0.15) is 15.9 Å². The standard InChI is InChI=1S/C26H18N2O2/c29-25-22-12-6-1-7-17(22)13-14-23(25)26(30)28-27-16-24-20-10-4-2-8-18(20)15-19-9-3-5-11-21(19)24/h1-16,29H,(H,28,30)/b27-16+. The molecule has 0 saturated carbocycles. The summed E-state index contributed by atoms with van der Waals surface area (Å²) in [6.07, 6.45) is 1.67. The van der Waals surface area contributed by atoms with E-state index in [9.17, 15) is 9.90 Å². The van der Waals surface area contributed by atoms with Crippen molar-refractivity contribution in [1.29, 1.82) is 0 Å². The van der Waals surface area contributed by atoms with E-state index in [1.807, 2.05) is 60.7 Å². The van der Waals surface area contributed by atoms with Gasteiger partial charge >= 0.3 is 0 Å². The molecule has 0 saturated heterocycles. The van der Waals surface area contributed by atoms with E-state index in [1.54, 1.807) is 18.3 Å². The first-order valence-electron chi connectivity index (χ1n) is 9.67. The number of hydrazone groups is 1. The van der Waals surface area contributed by atoms with Crippen molar-refractivity contribution in [2.75, 3.05) is 0 Å². The highest BCUT2D eigenvalue weighted by Gasteiger charge is 2.13. The molecule has 5 aromatic carbocycles. The van der Waals surface area contributed by atoms with Gasteiger partial charge in [-0.05, 0) is 39.1 Å². The van der Waals surface area contributed by atoms with Crippen molar-refractivity contribution >= 4 is 44.4 Å². The van der Waals surface area contributed by atoms with Crippen LogP contribution in [0.5, 0.6) is 5.75 Å². The number of nitrogens with zero attached hydrogens (tertiary/aromatic N) is 1. The second-order valence-electron chi connectivity index (χ2n) is 7.11. The molecule has 4 heteroatoms. The zero-order chi connectivity index (χ0) is 20.5. The van der Waals surface area contributed by atoms with Crippen molar-refractivity contribution in [1.82, 2.24) is 5.43 Å².